The summed E-state index contributed by atoms with van der Waals surface area (Å²) in [5.74, 6) is 2.36. The Morgan fingerprint density at radius 1 is 1.18 bits per heavy atom. The van der Waals surface area contributed by atoms with E-state index in [4.69, 9.17) is 9.47 Å². The van der Waals surface area contributed by atoms with E-state index in [0.29, 0.717) is 24.8 Å². The molecule has 0 radical (unpaired) electrons. The van der Waals surface area contributed by atoms with Crippen molar-refractivity contribution >= 4 is 11.7 Å². The Balaban J connectivity index is 1.46. The highest BCUT2D eigenvalue weighted by Gasteiger charge is 2.22. The van der Waals surface area contributed by atoms with Crippen molar-refractivity contribution in [2.24, 2.45) is 0 Å². The van der Waals surface area contributed by atoms with Gasteiger partial charge in [0.1, 0.15) is 23.9 Å². The van der Waals surface area contributed by atoms with Gasteiger partial charge >= 0.3 is 0 Å². The van der Waals surface area contributed by atoms with Crippen LogP contribution in [0.25, 0.3) is 0 Å². The number of hydrogen-bond donors (Lipinski definition) is 1. The fraction of sp³-hybridized carbons (Fsp3) is 0.455. The molecule has 1 saturated heterocycles. The number of piperidine rings is 1. The Morgan fingerprint density at radius 2 is 1.96 bits per heavy atom. The minimum Gasteiger partial charge on any atom is -0.497 e. The number of aromatic nitrogens is 1. The average molecular weight is 383 g/mol. The first kappa shape index (κ1) is 20.0. The van der Waals surface area contributed by atoms with Crippen LogP contribution >= 0.6 is 0 Å². The van der Waals surface area contributed by atoms with Gasteiger partial charge in [-0.1, -0.05) is 6.92 Å². The van der Waals surface area contributed by atoms with Crippen LogP contribution in [-0.4, -0.2) is 43.7 Å². The fourth-order valence-electron chi connectivity index (χ4n) is 3.52. The van der Waals surface area contributed by atoms with E-state index in [0.717, 1.165) is 30.3 Å². The van der Waals surface area contributed by atoms with Crippen LogP contribution in [0.5, 0.6) is 11.5 Å². The fourth-order valence-corrected chi connectivity index (χ4v) is 3.52. The summed E-state index contributed by atoms with van der Waals surface area (Å²) in [6.07, 6.45) is 6.49. The molecule has 1 aliphatic rings. The van der Waals surface area contributed by atoms with Gasteiger partial charge in [-0.25, -0.2) is 4.98 Å². The summed E-state index contributed by atoms with van der Waals surface area (Å²) in [6, 6.07) is 11.7. The van der Waals surface area contributed by atoms with Crippen molar-refractivity contribution < 1.29 is 14.3 Å². The molecule has 1 aromatic heterocycles. The molecule has 1 atom stereocenters. The number of hydrogen-bond acceptors (Lipinski definition) is 5. The van der Waals surface area contributed by atoms with Crippen LogP contribution in [0, 0.1) is 0 Å². The molecule has 0 spiro atoms. The lowest BCUT2D eigenvalue weighted by Crippen LogP contribution is -2.39. The lowest BCUT2D eigenvalue weighted by atomic mass is 10.00. The number of anilines is 1. The van der Waals surface area contributed by atoms with Gasteiger partial charge in [0.25, 0.3) is 5.91 Å². The van der Waals surface area contributed by atoms with Crippen LogP contribution in [0.2, 0.25) is 0 Å². The van der Waals surface area contributed by atoms with Crippen molar-refractivity contribution in [3.05, 3.63) is 48.2 Å². The minimum absolute atomic E-state index is 0.136. The number of ether oxygens (including phenoxy) is 2. The molecule has 0 saturated carbocycles. The van der Waals surface area contributed by atoms with E-state index in [2.05, 4.69) is 22.1 Å². The minimum atomic E-state index is -0.136. The maximum absolute atomic E-state index is 12.3. The molecule has 1 fully saturated rings. The number of nitrogens with one attached hydrogen (secondary N) is 1. The van der Waals surface area contributed by atoms with Crippen molar-refractivity contribution in [3.63, 3.8) is 0 Å². The van der Waals surface area contributed by atoms with Crippen LogP contribution < -0.4 is 19.7 Å². The summed E-state index contributed by atoms with van der Waals surface area (Å²) in [5, 5.41) is 2.87. The van der Waals surface area contributed by atoms with E-state index >= 15 is 0 Å². The Kier molecular flexibility index (Phi) is 7.12. The zero-order valence-electron chi connectivity index (χ0n) is 16.7. The van der Waals surface area contributed by atoms with Gasteiger partial charge < -0.3 is 19.7 Å². The largest absolute Gasteiger partial charge is 0.497 e. The second-order valence-electron chi connectivity index (χ2n) is 6.94. The summed E-state index contributed by atoms with van der Waals surface area (Å²) in [5.41, 5.74) is 0.568. The molecule has 1 amide bonds. The van der Waals surface area contributed by atoms with E-state index in [1.165, 1.54) is 19.3 Å². The lowest BCUT2D eigenvalue weighted by molar-refractivity contribution is 0.0946. The standard InChI is InChI=1S/C22H29N3O3/c1-3-18-6-4-5-14-25(18)21-12-7-17(16-24-21)22(26)23-13-15-28-20-10-8-19(27-2)9-11-20/h7-12,16,18H,3-6,13-15H2,1-2H3,(H,23,26). The first-order valence-corrected chi connectivity index (χ1v) is 9.99. The number of amides is 1. The first-order chi connectivity index (χ1) is 13.7. The zero-order valence-corrected chi connectivity index (χ0v) is 16.7. The van der Waals surface area contributed by atoms with Crippen molar-refractivity contribution in [2.45, 2.75) is 38.6 Å². The quantitative estimate of drug-likeness (QED) is 0.705. The number of benzene rings is 1. The molecule has 28 heavy (non-hydrogen) atoms. The normalized spacial score (nSPS) is 16.5. The highest BCUT2D eigenvalue weighted by molar-refractivity contribution is 5.94. The molecular weight excluding hydrogens is 354 g/mol. The predicted octanol–water partition coefficient (Wildman–Crippen LogP) is 3.67. The van der Waals surface area contributed by atoms with Crippen molar-refractivity contribution in [1.82, 2.24) is 10.3 Å². The van der Waals surface area contributed by atoms with Crippen molar-refractivity contribution in [1.29, 1.82) is 0 Å². The Hall–Kier alpha value is -2.76. The molecule has 6 nitrogen and oxygen atoms in total. The van der Waals surface area contributed by atoms with Gasteiger partial charge in [-0.2, -0.15) is 0 Å². The molecule has 150 valence electrons. The van der Waals surface area contributed by atoms with E-state index in [1.54, 1.807) is 13.3 Å². The third-order valence-electron chi connectivity index (χ3n) is 5.12. The highest BCUT2D eigenvalue weighted by Crippen LogP contribution is 2.25. The van der Waals surface area contributed by atoms with Gasteiger partial charge in [-0.15, -0.1) is 0 Å². The topological polar surface area (TPSA) is 63.7 Å². The Labute approximate surface area is 166 Å². The van der Waals surface area contributed by atoms with Crippen LogP contribution in [-0.2, 0) is 0 Å². The van der Waals surface area contributed by atoms with Gasteiger partial charge in [-0.05, 0) is 62.1 Å². The Bertz CT molecular complexity index is 747. The maximum Gasteiger partial charge on any atom is 0.252 e. The molecule has 2 aromatic rings. The number of rotatable bonds is 8. The molecule has 2 heterocycles. The lowest BCUT2D eigenvalue weighted by Gasteiger charge is -2.36. The number of pyridine rings is 1. The van der Waals surface area contributed by atoms with E-state index < -0.39 is 0 Å². The number of carbonyl (C=O) groups excluding carboxylic acids is 1. The molecule has 6 heteroatoms. The van der Waals surface area contributed by atoms with Gasteiger partial charge in [0.15, 0.2) is 0 Å². The summed E-state index contributed by atoms with van der Waals surface area (Å²) in [4.78, 5) is 19.2. The number of carbonyl (C=O) groups is 1. The van der Waals surface area contributed by atoms with Gasteiger partial charge in [0, 0.05) is 18.8 Å². The van der Waals surface area contributed by atoms with Crippen LogP contribution in [0.3, 0.4) is 0 Å². The molecule has 1 N–H and O–H groups in total. The first-order valence-electron chi connectivity index (χ1n) is 9.99. The zero-order chi connectivity index (χ0) is 19.8. The smallest absolute Gasteiger partial charge is 0.252 e. The van der Waals surface area contributed by atoms with Crippen molar-refractivity contribution in [3.8, 4) is 11.5 Å². The second-order valence-corrected chi connectivity index (χ2v) is 6.94. The average Bonchev–Trinajstić information content (AvgIpc) is 2.77. The molecule has 1 aromatic carbocycles. The van der Waals surface area contributed by atoms with Crippen LogP contribution in [0.1, 0.15) is 43.0 Å². The summed E-state index contributed by atoms with van der Waals surface area (Å²) >= 11 is 0. The summed E-state index contributed by atoms with van der Waals surface area (Å²) in [6.45, 7) is 4.09. The van der Waals surface area contributed by atoms with Crippen molar-refractivity contribution in [2.75, 3.05) is 31.7 Å². The molecule has 1 aliphatic heterocycles. The molecule has 0 bridgehead atoms. The number of methoxy groups -OCH3 is 1. The third kappa shape index (κ3) is 5.15. The summed E-state index contributed by atoms with van der Waals surface area (Å²) < 4.78 is 10.7. The van der Waals surface area contributed by atoms with Gasteiger partial charge in [-0.3, -0.25) is 4.79 Å². The summed E-state index contributed by atoms with van der Waals surface area (Å²) in [7, 11) is 1.63. The van der Waals surface area contributed by atoms with Crippen LogP contribution in [0.4, 0.5) is 5.82 Å². The van der Waals surface area contributed by atoms with E-state index in [-0.39, 0.29) is 5.91 Å². The molecule has 0 aliphatic carbocycles. The molecule has 1 unspecified atom stereocenters. The molecule has 3 rings (SSSR count). The van der Waals surface area contributed by atoms with E-state index in [9.17, 15) is 4.79 Å². The monoisotopic (exact) mass is 383 g/mol. The van der Waals surface area contributed by atoms with Gasteiger partial charge in [0.2, 0.25) is 0 Å². The van der Waals surface area contributed by atoms with Gasteiger partial charge in [0.05, 0.1) is 19.2 Å². The SMILES string of the molecule is CCC1CCCCN1c1ccc(C(=O)NCCOc2ccc(OC)cc2)cn1. The second kappa shape index (κ2) is 9.97. The molecular formula is C22H29N3O3. The predicted molar refractivity (Wildman–Crippen MR) is 110 cm³/mol. The van der Waals surface area contributed by atoms with E-state index in [1.807, 2.05) is 36.4 Å². The maximum atomic E-state index is 12.3. The highest BCUT2D eigenvalue weighted by atomic mass is 16.5. The third-order valence-corrected chi connectivity index (χ3v) is 5.12. The number of nitrogens with zero attached hydrogens (tertiary/aromatic N) is 2. The Morgan fingerprint density at radius 3 is 2.64 bits per heavy atom. The van der Waals surface area contributed by atoms with Crippen LogP contribution in [0.15, 0.2) is 42.6 Å².